The molecule has 0 spiro atoms. The molecule has 0 amide bonds. The average molecular weight is 375 g/mol. The van der Waals surface area contributed by atoms with Crippen LogP contribution in [-0.2, 0) is 0 Å². The fourth-order valence-corrected chi connectivity index (χ4v) is 18.6. The van der Waals surface area contributed by atoms with Crippen LogP contribution in [0.1, 0.15) is 59.3 Å². The molecule has 0 aromatic carbocycles. The molecule has 2 nitrogen and oxygen atoms in total. The maximum atomic E-state index is 14.0. The monoisotopic (exact) mass is 376 g/mol. The van der Waals surface area contributed by atoms with Crippen molar-refractivity contribution in [1.82, 2.24) is 10.0 Å². The van der Waals surface area contributed by atoms with Crippen molar-refractivity contribution in [3.8, 4) is 0 Å². The molecule has 0 aliphatic heterocycles. The number of aromatic nitrogens is 2. The van der Waals surface area contributed by atoms with Crippen molar-refractivity contribution >= 4 is 22.1 Å². The van der Waals surface area contributed by atoms with Crippen LogP contribution in [0, 0.1) is 0 Å². The molecule has 0 aliphatic rings. The summed E-state index contributed by atoms with van der Waals surface area (Å²) in [6.45, 7) is 6.72. The van der Waals surface area contributed by atoms with Gasteiger partial charge in [0.1, 0.15) is 0 Å². The predicted molar refractivity (Wildman–Crippen MR) is 83.3 cm³/mol. The van der Waals surface area contributed by atoms with Crippen LogP contribution in [0.25, 0.3) is 0 Å². The van der Waals surface area contributed by atoms with Gasteiger partial charge in [0, 0.05) is 0 Å². The normalized spacial score (nSPS) is 12.0. The topological polar surface area (TPSA) is 17.8 Å². The number of nitrogens with zero attached hydrogens (tertiary/aromatic N) is 2. The molecule has 1 aromatic rings. The van der Waals surface area contributed by atoms with Gasteiger partial charge in [-0.2, -0.15) is 0 Å². The third-order valence-electron chi connectivity index (χ3n) is 4.17. The standard InChI is InChI=1S/3C4H9.C3H2FN2.Sn/c3*1-3-4-2;4-6-3-1-2-5-6;/h3*1,3-4H2,2H3;1-2H;. The Kier molecular flexibility index (Phi) is 8.03. The second kappa shape index (κ2) is 8.98. The number of hydrogen-bond acceptors (Lipinski definition) is 1. The van der Waals surface area contributed by atoms with Gasteiger partial charge in [-0.15, -0.1) is 0 Å². The molecule has 19 heavy (non-hydrogen) atoms. The molecule has 0 saturated heterocycles. The molecule has 1 aromatic heterocycles. The third-order valence-corrected chi connectivity index (χ3v) is 19.5. The van der Waals surface area contributed by atoms with Crippen molar-refractivity contribution < 1.29 is 4.48 Å². The molecule has 4 heteroatoms. The van der Waals surface area contributed by atoms with E-state index >= 15 is 0 Å². The van der Waals surface area contributed by atoms with Gasteiger partial charge in [0.15, 0.2) is 0 Å². The number of halogens is 1. The summed E-state index contributed by atoms with van der Waals surface area (Å²) in [6, 6.07) is 1.97. The quantitative estimate of drug-likeness (QED) is 0.544. The Morgan fingerprint density at radius 1 is 1.00 bits per heavy atom. The van der Waals surface area contributed by atoms with Gasteiger partial charge in [-0.25, -0.2) is 0 Å². The zero-order valence-corrected chi connectivity index (χ0v) is 15.6. The first-order valence-corrected chi connectivity index (χ1v) is 15.4. The molecular formula is C15H29FN2Sn. The second-order valence-electron chi connectivity index (χ2n) is 5.67. The van der Waals surface area contributed by atoms with Gasteiger partial charge in [0.25, 0.3) is 0 Å². The van der Waals surface area contributed by atoms with Gasteiger partial charge >= 0.3 is 121 Å². The Bertz CT molecular complexity index is 330. The second-order valence-corrected chi connectivity index (χ2v) is 18.7. The summed E-state index contributed by atoms with van der Waals surface area (Å²) in [5.74, 6) is 0. The van der Waals surface area contributed by atoms with Crippen LogP contribution in [0.4, 0.5) is 4.48 Å². The summed E-state index contributed by atoms with van der Waals surface area (Å²) in [5.41, 5.74) is 0. The van der Waals surface area contributed by atoms with Crippen LogP contribution in [0.2, 0.25) is 13.3 Å². The molecule has 0 fully saturated rings. The Labute approximate surface area is 121 Å². The van der Waals surface area contributed by atoms with Crippen LogP contribution in [0.15, 0.2) is 12.3 Å². The zero-order chi connectivity index (χ0) is 14.1. The Morgan fingerprint density at radius 3 is 1.79 bits per heavy atom. The van der Waals surface area contributed by atoms with E-state index in [0.29, 0.717) is 4.90 Å². The van der Waals surface area contributed by atoms with Crippen molar-refractivity contribution in [2.45, 2.75) is 72.6 Å². The van der Waals surface area contributed by atoms with Crippen LogP contribution < -0.4 is 3.71 Å². The van der Waals surface area contributed by atoms with Gasteiger partial charge in [-0.1, -0.05) is 0 Å². The van der Waals surface area contributed by atoms with Crippen molar-refractivity contribution in [1.29, 1.82) is 0 Å². The minimum absolute atomic E-state index is 0.705. The molecule has 0 N–H and O–H groups in total. The summed E-state index contributed by atoms with van der Waals surface area (Å²) in [4.78, 5) is 0.705. The van der Waals surface area contributed by atoms with Crippen LogP contribution in [-0.4, -0.2) is 28.4 Å². The Balaban J connectivity index is 2.97. The van der Waals surface area contributed by atoms with E-state index in [-0.39, 0.29) is 0 Å². The number of rotatable bonds is 10. The summed E-state index contributed by atoms with van der Waals surface area (Å²) in [6.07, 6.45) is 9.08. The van der Waals surface area contributed by atoms with Crippen molar-refractivity contribution in [3.63, 3.8) is 0 Å². The molecule has 0 atom stereocenters. The van der Waals surface area contributed by atoms with Crippen LogP contribution in [0.5, 0.6) is 0 Å². The molecule has 0 radical (unpaired) electrons. The van der Waals surface area contributed by atoms with Crippen molar-refractivity contribution in [2.75, 3.05) is 0 Å². The van der Waals surface area contributed by atoms with E-state index in [0.717, 1.165) is 3.71 Å². The predicted octanol–water partition coefficient (Wildman–Crippen LogP) is 4.67. The minimum atomic E-state index is -2.57. The average Bonchev–Trinajstić information content (AvgIpc) is 2.85. The van der Waals surface area contributed by atoms with Crippen molar-refractivity contribution in [3.05, 3.63) is 12.3 Å². The first-order chi connectivity index (χ1) is 9.20. The van der Waals surface area contributed by atoms with Gasteiger partial charge in [0.2, 0.25) is 0 Å². The van der Waals surface area contributed by atoms with E-state index in [1.54, 1.807) is 6.20 Å². The summed E-state index contributed by atoms with van der Waals surface area (Å²) >= 11 is -2.57. The van der Waals surface area contributed by atoms with Gasteiger partial charge in [-0.05, 0) is 0 Å². The SMILES string of the molecule is CCC[CH2][Sn]([CH2]CCC)([CH2]CCC)[c]1ccnn1F. The first kappa shape index (κ1) is 17.0. The molecule has 0 aliphatic carbocycles. The summed E-state index contributed by atoms with van der Waals surface area (Å²) in [7, 11) is 0. The summed E-state index contributed by atoms with van der Waals surface area (Å²) < 4.78 is 18.9. The Hall–Kier alpha value is -0.0613. The Morgan fingerprint density at radius 2 is 1.47 bits per heavy atom. The van der Waals surface area contributed by atoms with Crippen LogP contribution >= 0.6 is 0 Å². The molecular weight excluding hydrogens is 346 g/mol. The fraction of sp³-hybridized carbons (Fsp3) is 0.800. The van der Waals surface area contributed by atoms with Crippen molar-refractivity contribution in [2.24, 2.45) is 0 Å². The summed E-state index contributed by atoms with van der Waals surface area (Å²) in [5, 5.41) is 3.81. The molecule has 0 unspecified atom stereocenters. The molecule has 1 heterocycles. The van der Waals surface area contributed by atoms with E-state index < -0.39 is 18.4 Å². The number of unbranched alkanes of at least 4 members (excludes halogenated alkanes) is 3. The molecule has 0 bridgehead atoms. The number of hydrogen-bond donors (Lipinski definition) is 0. The fourth-order valence-electron chi connectivity index (χ4n) is 2.96. The van der Waals surface area contributed by atoms with E-state index in [1.165, 1.54) is 51.8 Å². The zero-order valence-electron chi connectivity index (χ0n) is 12.8. The molecule has 0 saturated carbocycles. The third kappa shape index (κ3) is 4.76. The van der Waals surface area contributed by atoms with Crippen LogP contribution in [0.3, 0.4) is 0 Å². The van der Waals surface area contributed by atoms with Gasteiger partial charge in [0.05, 0.1) is 0 Å². The first-order valence-electron chi connectivity index (χ1n) is 7.90. The van der Waals surface area contributed by atoms with E-state index in [4.69, 9.17) is 0 Å². The van der Waals surface area contributed by atoms with E-state index in [9.17, 15) is 4.48 Å². The van der Waals surface area contributed by atoms with E-state index in [2.05, 4.69) is 25.9 Å². The molecule has 110 valence electrons. The maximum absolute atomic E-state index is 14.0. The van der Waals surface area contributed by atoms with Gasteiger partial charge < -0.3 is 0 Å². The van der Waals surface area contributed by atoms with E-state index in [1.807, 2.05) is 6.07 Å². The van der Waals surface area contributed by atoms with Gasteiger partial charge in [-0.3, -0.25) is 0 Å². The molecule has 1 rings (SSSR count).